The molecule has 1 aromatic heterocycles. The average Bonchev–Trinajstić information content (AvgIpc) is 3.48. The number of aromatic nitrogens is 1. The molecule has 0 amide bonds. The molecule has 0 saturated carbocycles. The van der Waals surface area contributed by atoms with Crippen LogP contribution in [0.25, 0.3) is 0 Å². The van der Waals surface area contributed by atoms with Crippen LogP contribution >= 0.6 is 20.2 Å². The van der Waals surface area contributed by atoms with Crippen LogP contribution in [0.3, 0.4) is 0 Å². The number of hydrogen-bond acceptors (Lipinski definition) is 4. The molecule has 5 rings (SSSR count). The number of hydrogen-bond donors (Lipinski definition) is 0. The average molecular weight is 611 g/mol. The maximum atomic E-state index is 6.05. The number of rotatable bonds is 8. The van der Waals surface area contributed by atoms with Crippen LogP contribution in [-0.2, 0) is 13.1 Å². The van der Waals surface area contributed by atoms with Gasteiger partial charge >= 0.3 is 33.3 Å². The van der Waals surface area contributed by atoms with Gasteiger partial charge in [0.25, 0.3) is 0 Å². The molecule has 5 aromatic rings. The summed E-state index contributed by atoms with van der Waals surface area (Å²) in [6, 6.07) is 38.7. The van der Waals surface area contributed by atoms with E-state index in [2.05, 4.69) is 0 Å². The van der Waals surface area contributed by atoms with E-state index in [1.54, 1.807) is 0 Å². The van der Waals surface area contributed by atoms with Crippen molar-refractivity contribution in [2.45, 2.75) is 13.8 Å². The summed E-state index contributed by atoms with van der Waals surface area (Å²) in [6.07, 6.45) is 0. The number of halogens is 2. The van der Waals surface area contributed by atoms with Crippen molar-refractivity contribution in [2.75, 3.05) is 0 Å². The predicted octanol–water partition coefficient (Wildman–Crippen LogP) is 9.89. The van der Waals surface area contributed by atoms with Crippen molar-refractivity contribution in [1.82, 2.24) is 4.98 Å². The molecule has 203 valence electrons. The van der Waals surface area contributed by atoms with Crippen LogP contribution in [0, 0.1) is 0 Å². The van der Waals surface area contributed by atoms with Gasteiger partial charge in [-0.15, -0.1) is 11.4 Å². The molecule has 0 aliphatic heterocycles. The first-order valence-electron chi connectivity index (χ1n) is 12.3. The van der Waals surface area contributed by atoms with Crippen LogP contribution in [0.4, 0.5) is 11.4 Å². The van der Waals surface area contributed by atoms with Crippen LogP contribution < -0.4 is 14.5 Å². The number of aliphatic imine (C=N–C) groups is 2. The fourth-order valence-corrected chi connectivity index (χ4v) is 3.74. The topological polar surface area (TPSA) is 57.3 Å². The van der Waals surface area contributed by atoms with Crippen molar-refractivity contribution in [1.29, 1.82) is 0 Å². The Hall–Kier alpha value is -3.80. The van der Waals surface area contributed by atoms with Gasteiger partial charge in [0.1, 0.15) is 22.9 Å². The molecule has 8 heteroatoms. The van der Waals surface area contributed by atoms with Crippen molar-refractivity contribution >= 4 is 43.0 Å². The maximum absolute atomic E-state index is 6.05. The van der Waals surface area contributed by atoms with Crippen molar-refractivity contribution < 1.29 is 22.6 Å². The van der Waals surface area contributed by atoms with Gasteiger partial charge in [-0.05, 0) is 62.4 Å². The SMILES string of the molecule is CC(=Nc1ccccc1Oc1ccccc1)c1ccc(C(C)=Nc2ccccc2Oc2ccccc2)[n-]1.[Cl][Fe+][Cl]. The predicted molar refractivity (Wildman–Crippen MR) is 161 cm³/mol. The summed E-state index contributed by atoms with van der Waals surface area (Å²) in [4.78, 5) is 14.4. The normalized spacial score (nSPS) is 11.4. The van der Waals surface area contributed by atoms with E-state index in [-0.39, 0.29) is 13.1 Å². The Morgan fingerprint density at radius 1 is 0.550 bits per heavy atom. The quantitative estimate of drug-likeness (QED) is 0.130. The molecular formula is C32H26Cl2FeN3O2. The number of benzene rings is 4. The van der Waals surface area contributed by atoms with Gasteiger partial charge in [0.15, 0.2) is 11.5 Å². The van der Waals surface area contributed by atoms with Gasteiger partial charge < -0.3 is 14.5 Å². The van der Waals surface area contributed by atoms with Crippen LogP contribution in [0.5, 0.6) is 23.0 Å². The number of para-hydroxylation sites is 6. The van der Waals surface area contributed by atoms with Gasteiger partial charge in [0, 0.05) is 11.4 Å². The molecule has 5 nitrogen and oxygen atoms in total. The molecule has 0 aliphatic rings. The van der Waals surface area contributed by atoms with Gasteiger partial charge in [-0.25, -0.2) is 0 Å². The fraction of sp³-hybridized carbons (Fsp3) is 0.0625. The van der Waals surface area contributed by atoms with Crippen molar-refractivity contribution in [3.63, 3.8) is 0 Å². The standard InChI is InChI=1S/C32H26N3O2.2ClH.Fe/c1-23(33-29-17-9-11-19-31(29)36-25-13-5-3-6-14-25)27-21-22-28(35-27)24(2)34-30-18-10-12-20-32(30)37-26-15-7-4-8-16-26;;;/h3-22H,1-2H3;2*1H;/q-1;;;+3/p-2. The third kappa shape index (κ3) is 8.35. The zero-order valence-electron chi connectivity index (χ0n) is 21.8. The van der Waals surface area contributed by atoms with Gasteiger partial charge in [-0.2, -0.15) is 0 Å². The monoisotopic (exact) mass is 610 g/mol. The van der Waals surface area contributed by atoms with E-state index in [9.17, 15) is 0 Å². The summed E-state index contributed by atoms with van der Waals surface area (Å²) >= 11 is 0.194. The number of ether oxygens (including phenoxy) is 2. The molecule has 0 spiro atoms. The van der Waals surface area contributed by atoms with E-state index >= 15 is 0 Å². The molecule has 0 N–H and O–H groups in total. The van der Waals surface area contributed by atoms with E-state index in [4.69, 9.17) is 44.6 Å². The second kappa shape index (κ2) is 15.1. The minimum absolute atomic E-state index is 0.194. The Kier molecular flexibility index (Phi) is 11.0. The second-order valence-electron chi connectivity index (χ2n) is 8.43. The molecular weight excluding hydrogens is 585 g/mol. The summed E-state index contributed by atoms with van der Waals surface area (Å²) in [7, 11) is 9.53. The summed E-state index contributed by atoms with van der Waals surface area (Å²) in [5, 5.41) is 0. The number of nitrogens with zero attached hydrogens (tertiary/aromatic N) is 3. The Balaban J connectivity index is 0.00000118. The Morgan fingerprint density at radius 3 is 1.30 bits per heavy atom. The Bertz CT molecular complexity index is 1460. The zero-order chi connectivity index (χ0) is 28.2. The van der Waals surface area contributed by atoms with E-state index in [1.165, 1.54) is 0 Å². The summed E-state index contributed by atoms with van der Waals surface area (Å²) in [6.45, 7) is 3.89. The minimum atomic E-state index is 0.194. The molecule has 0 atom stereocenters. The van der Waals surface area contributed by atoms with Gasteiger partial charge in [0.2, 0.25) is 0 Å². The summed E-state index contributed by atoms with van der Waals surface area (Å²) < 4.78 is 12.1. The van der Waals surface area contributed by atoms with Gasteiger partial charge in [-0.3, -0.25) is 9.98 Å². The van der Waals surface area contributed by atoms with Gasteiger partial charge in [0.05, 0.1) is 0 Å². The molecule has 4 aromatic carbocycles. The second-order valence-corrected chi connectivity index (χ2v) is 10.2. The van der Waals surface area contributed by atoms with Crippen LogP contribution in [0.15, 0.2) is 131 Å². The first-order valence-corrected chi connectivity index (χ1v) is 15.4. The van der Waals surface area contributed by atoms with Crippen molar-refractivity contribution in [3.05, 3.63) is 133 Å². The van der Waals surface area contributed by atoms with E-state index in [0.717, 1.165) is 45.7 Å². The first-order chi connectivity index (χ1) is 19.6. The molecule has 1 heterocycles. The van der Waals surface area contributed by atoms with E-state index < -0.39 is 0 Å². The molecule has 40 heavy (non-hydrogen) atoms. The molecule has 0 saturated heterocycles. The van der Waals surface area contributed by atoms with Crippen molar-refractivity contribution in [3.8, 4) is 23.0 Å². The Morgan fingerprint density at radius 2 is 0.900 bits per heavy atom. The Labute approximate surface area is 249 Å². The van der Waals surface area contributed by atoms with Crippen molar-refractivity contribution in [2.24, 2.45) is 9.98 Å². The van der Waals surface area contributed by atoms with Gasteiger partial charge in [-0.1, -0.05) is 72.8 Å². The first kappa shape index (κ1) is 29.2. The molecule has 0 radical (unpaired) electrons. The zero-order valence-corrected chi connectivity index (χ0v) is 24.4. The summed E-state index contributed by atoms with van der Waals surface area (Å²) in [5.74, 6) is 2.90. The molecule has 0 aliphatic carbocycles. The van der Waals surface area contributed by atoms with Crippen LogP contribution in [-0.4, -0.2) is 11.4 Å². The fourth-order valence-electron chi connectivity index (χ4n) is 3.74. The van der Waals surface area contributed by atoms with Crippen LogP contribution in [0.1, 0.15) is 25.2 Å². The molecule has 0 bridgehead atoms. The third-order valence-corrected chi connectivity index (χ3v) is 5.63. The van der Waals surface area contributed by atoms with Crippen LogP contribution in [0.2, 0.25) is 0 Å². The van der Waals surface area contributed by atoms with E-state index in [1.807, 2.05) is 135 Å². The molecule has 0 unspecified atom stereocenters. The summed E-state index contributed by atoms with van der Waals surface area (Å²) in [5.41, 5.74) is 4.63. The third-order valence-electron chi connectivity index (χ3n) is 5.63. The molecule has 0 fully saturated rings. The van der Waals surface area contributed by atoms with E-state index in [0.29, 0.717) is 11.5 Å².